The normalized spacial score (nSPS) is 24.1. The molecule has 0 spiro atoms. The maximum absolute atomic E-state index is 5.50. The highest BCUT2D eigenvalue weighted by Gasteiger charge is 2.29. The number of hydrogen-bond donors (Lipinski definition) is 2. The maximum atomic E-state index is 5.50. The number of nitrogens with zero attached hydrogens (tertiary/aromatic N) is 3. The van der Waals surface area contributed by atoms with E-state index in [-0.39, 0.29) is 0 Å². The van der Waals surface area contributed by atoms with E-state index in [9.17, 15) is 0 Å². The Balaban J connectivity index is 2.38. The Morgan fingerprint density at radius 3 is 2.76 bits per heavy atom. The van der Waals surface area contributed by atoms with Crippen molar-refractivity contribution >= 4 is 11.6 Å². The third-order valence-corrected chi connectivity index (χ3v) is 3.47. The van der Waals surface area contributed by atoms with Gasteiger partial charge in [0.25, 0.3) is 0 Å². The Morgan fingerprint density at radius 1 is 1.47 bits per heavy atom. The molecule has 1 aliphatic rings. The molecule has 2 heterocycles. The van der Waals surface area contributed by atoms with E-state index >= 15 is 0 Å². The van der Waals surface area contributed by atoms with Crippen LogP contribution in [0.4, 0.5) is 11.6 Å². The Bertz CT molecular complexity index is 392. The number of nitrogens with two attached hydrogens (primary N) is 1. The first-order valence-electron chi connectivity index (χ1n) is 6.24. The molecular formula is C12H21N5. The molecule has 1 aliphatic heterocycles. The summed E-state index contributed by atoms with van der Waals surface area (Å²) in [5.41, 5.74) is 3.77. The van der Waals surface area contributed by atoms with Gasteiger partial charge in [0, 0.05) is 18.2 Å². The SMILES string of the molecule is CCc1c(NN)ncnc1N1CC(C)CC1C. The van der Waals surface area contributed by atoms with E-state index in [1.807, 2.05) is 0 Å². The van der Waals surface area contributed by atoms with Crippen LogP contribution in [0.1, 0.15) is 32.8 Å². The van der Waals surface area contributed by atoms with Crippen LogP contribution in [0, 0.1) is 5.92 Å². The Hall–Kier alpha value is -1.36. The number of nitrogen functional groups attached to an aromatic ring is 1. The number of rotatable bonds is 3. The Morgan fingerprint density at radius 2 is 2.24 bits per heavy atom. The van der Waals surface area contributed by atoms with Crippen molar-refractivity contribution in [3.05, 3.63) is 11.9 Å². The Kier molecular flexibility index (Phi) is 3.47. The molecule has 0 amide bonds. The monoisotopic (exact) mass is 235 g/mol. The number of nitrogens with one attached hydrogen (secondary N) is 1. The van der Waals surface area contributed by atoms with Crippen molar-refractivity contribution in [1.29, 1.82) is 0 Å². The first-order valence-corrected chi connectivity index (χ1v) is 6.24. The third-order valence-electron chi connectivity index (χ3n) is 3.47. The molecule has 1 aromatic heterocycles. The number of hydrazine groups is 1. The molecule has 0 radical (unpaired) electrons. The fourth-order valence-electron chi connectivity index (χ4n) is 2.70. The van der Waals surface area contributed by atoms with Crippen molar-refractivity contribution in [2.24, 2.45) is 11.8 Å². The Labute approximate surface area is 102 Å². The van der Waals surface area contributed by atoms with E-state index in [0.29, 0.717) is 6.04 Å². The molecular weight excluding hydrogens is 214 g/mol. The lowest BCUT2D eigenvalue weighted by Gasteiger charge is -2.25. The first kappa shape index (κ1) is 12.1. The third kappa shape index (κ3) is 2.20. The molecule has 2 rings (SSSR count). The van der Waals surface area contributed by atoms with Crippen molar-refractivity contribution in [1.82, 2.24) is 9.97 Å². The molecule has 17 heavy (non-hydrogen) atoms. The molecule has 2 atom stereocenters. The van der Waals surface area contributed by atoms with Gasteiger partial charge in [0.05, 0.1) is 0 Å². The van der Waals surface area contributed by atoms with Gasteiger partial charge in [-0.05, 0) is 25.7 Å². The molecule has 1 aromatic rings. The highest BCUT2D eigenvalue weighted by molar-refractivity contribution is 5.59. The fraction of sp³-hybridized carbons (Fsp3) is 0.667. The summed E-state index contributed by atoms with van der Waals surface area (Å²) in [6, 6.07) is 0.538. The van der Waals surface area contributed by atoms with E-state index in [2.05, 4.69) is 41.1 Å². The summed E-state index contributed by atoms with van der Waals surface area (Å²) in [7, 11) is 0. The van der Waals surface area contributed by atoms with Gasteiger partial charge in [0.2, 0.25) is 0 Å². The van der Waals surface area contributed by atoms with Crippen LogP contribution in [-0.2, 0) is 6.42 Å². The lowest BCUT2D eigenvalue weighted by Crippen LogP contribution is -2.29. The molecule has 3 N–H and O–H groups in total. The zero-order chi connectivity index (χ0) is 12.4. The number of hydrogen-bond acceptors (Lipinski definition) is 5. The molecule has 0 saturated carbocycles. The van der Waals surface area contributed by atoms with Gasteiger partial charge in [0.1, 0.15) is 18.0 Å². The maximum Gasteiger partial charge on any atom is 0.148 e. The second-order valence-electron chi connectivity index (χ2n) is 4.86. The van der Waals surface area contributed by atoms with Crippen molar-refractivity contribution < 1.29 is 0 Å². The predicted molar refractivity (Wildman–Crippen MR) is 69.8 cm³/mol. The van der Waals surface area contributed by atoms with Crippen molar-refractivity contribution in [3.63, 3.8) is 0 Å². The molecule has 5 nitrogen and oxygen atoms in total. The van der Waals surface area contributed by atoms with E-state index in [1.54, 1.807) is 6.33 Å². The topological polar surface area (TPSA) is 67.1 Å². The standard InChI is InChI=1S/C12H21N5/c1-4-10-11(16-13)14-7-15-12(10)17-6-8(2)5-9(17)3/h7-9H,4-6,13H2,1-3H3,(H,14,15,16). The summed E-state index contributed by atoms with van der Waals surface area (Å²) >= 11 is 0. The van der Waals surface area contributed by atoms with Crippen LogP contribution in [0.3, 0.4) is 0 Å². The van der Waals surface area contributed by atoms with Gasteiger partial charge in [-0.3, -0.25) is 0 Å². The molecule has 1 fully saturated rings. The summed E-state index contributed by atoms with van der Waals surface area (Å²) < 4.78 is 0. The quantitative estimate of drug-likeness (QED) is 0.614. The predicted octanol–water partition coefficient (Wildman–Crippen LogP) is 1.56. The van der Waals surface area contributed by atoms with Gasteiger partial charge in [-0.2, -0.15) is 0 Å². The largest absolute Gasteiger partial charge is 0.353 e. The van der Waals surface area contributed by atoms with E-state index in [4.69, 9.17) is 5.84 Å². The van der Waals surface area contributed by atoms with Crippen molar-refractivity contribution in [2.75, 3.05) is 16.9 Å². The van der Waals surface area contributed by atoms with Crippen molar-refractivity contribution in [2.45, 2.75) is 39.7 Å². The number of anilines is 2. The summed E-state index contributed by atoms with van der Waals surface area (Å²) in [6.07, 6.45) is 3.69. The van der Waals surface area contributed by atoms with Crippen LogP contribution in [-0.4, -0.2) is 22.6 Å². The molecule has 94 valence electrons. The summed E-state index contributed by atoms with van der Waals surface area (Å²) in [6.45, 7) is 7.70. The van der Waals surface area contributed by atoms with Crippen LogP contribution in [0.5, 0.6) is 0 Å². The lowest BCUT2D eigenvalue weighted by atomic mass is 10.1. The minimum Gasteiger partial charge on any atom is -0.353 e. The van der Waals surface area contributed by atoms with Crippen LogP contribution in [0.25, 0.3) is 0 Å². The molecule has 0 aliphatic carbocycles. The van der Waals surface area contributed by atoms with Crippen LogP contribution in [0.15, 0.2) is 6.33 Å². The van der Waals surface area contributed by atoms with Crippen LogP contribution >= 0.6 is 0 Å². The minimum absolute atomic E-state index is 0.538. The molecule has 0 bridgehead atoms. The second kappa shape index (κ2) is 4.87. The van der Waals surface area contributed by atoms with Crippen LogP contribution < -0.4 is 16.2 Å². The molecule has 0 aromatic carbocycles. The molecule has 2 unspecified atom stereocenters. The zero-order valence-corrected chi connectivity index (χ0v) is 10.8. The van der Waals surface area contributed by atoms with E-state index < -0.39 is 0 Å². The van der Waals surface area contributed by atoms with Crippen molar-refractivity contribution in [3.8, 4) is 0 Å². The molecule has 1 saturated heterocycles. The average molecular weight is 235 g/mol. The van der Waals surface area contributed by atoms with Gasteiger partial charge in [-0.25, -0.2) is 15.8 Å². The van der Waals surface area contributed by atoms with E-state index in [1.165, 1.54) is 6.42 Å². The average Bonchev–Trinajstić information content (AvgIpc) is 2.67. The van der Waals surface area contributed by atoms with Gasteiger partial charge in [-0.1, -0.05) is 13.8 Å². The highest BCUT2D eigenvalue weighted by Crippen LogP contribution is 2.31. The zero-order valence-electron chi connectivity index (χ0n) is 10.8. The smallest absolute Gasteiger partial charge is 0.148 e. The highest BCUT2D eigenvalue weighted by atomic mass is 15.3. The van der Waals surface area contributed by atoms with Gasteiger partial charge in [-0.15, -0.1) is 0 Å². The van der Waals surface area contributed by atoms with Gasteiger partial charge in [0.15, 0.2) is 0 Å². The summed E-state index contributed by atoms with van der Waals surface area (Å²) in [5.74, 6) is 7.99. The summed E-state index contributed by atoms with van der Waals surface area (Å²) in [4.78, 5) is 11.0. The van der Waals surface area contributed by atoms with Gasteiger partial charge < -0.3 is 10.3 Å². The van der Waals surface area contributed by atoms with E-state index in [0.717, 1.165) is 36.1 Å². The number of aromatic nitrogens is 2. The fourth-order valence-corrected chi connectivity index (χ4v) is 2.70. The first-order chi connectivity index (χ1) is 8.17. The lowest BCUT2D eigenvalue weighted by molar-refractivity contribution is 0.625. The molecule has 5 heteroatoms. The summed E-state index contributed by atoms with van der Waals surface area (Å²) in [5, 5.41) is 0. The van der Waals surface area contributed by atoms with Crippen LogP contribution in [0.2, 0.25) is 0 Å². The van der Waals surface area contributed by atoms with Gasteiger partial charge >= 0.3 is 0 Å². The second-order valence-corrected chi connectivity index (χ2v) is 4.86. The minimum atomic E-state index is 0.538.